The van der Waals surface area contributed by atoms with Crippen LogP contribution >= 0.6 is 12.4 Å². The number of nitrogens with zero attached hydrogens (tertiary/aromatic N) is 2. The molecule has 3 N–H and O–H groups in total. The number of anilines is 1. The van der Waals surface area contributed by atoms with E-state index in [1.165, 1.54) is 22.0 Å². The molecule has 1 saturated carbocycles. The van der Waals surface area contributed by atoms with E-state index < -0.39 is 0 Å². The molecule has 1 aliphatic rings. The lowest BCUT2D eigenvalue weighted by Gasteiger charge is -2.38. The number of hydrogen-bond acceptors (Lipinski definition) is 4. The van der Waals surface area contributed by atoms with Gasteiger partial charge in [0.2, 0.25) is 0 Å². The van der Waals surface area contributed by atoms with E-state index in [1.807, 2.05) is 12.4 Å². The number of aliphatic hydroxyl groups is 1. The zero-order valence-electron chi connectivity index (χ0n) is 14.3. The maximum Gasteiger partial charge on any atom is 0.0452 e. The lowest BCUT2D eigenvalue weighted by Crippen LogP contribution is -2.42. The zero-order valence-corrected chi connectivity index (χ0v) is 15.1. The topological polar surface area (TPSA) is 62.4 Å². The number of aryl methyl sites for hydroxylation is 1. The van der Waals surface area contributed by atoms with Gasteiger partial charge in [-0.1, -0.05) is 12.1 Å². The largest absolute Gasteiger partial charge is 0.396 e. The Hall–Kier alpha value is -1.36. The van der Waals surface area contributed by atoms with Crippen LogP contribution < -0.4 is 10.6 Å². The first kappa shape index (κ1) is 19.0. The van der Waals surface area contributed by atoms with Crippen molar-refractivity contribution in [1.29, 1.82) is 0 Å². The van der Waals surface area contributed by atoms with Crippen LogP contribution in [0.2, 0.25) is 0 Å². The third-order valence-electron chi connectivity index (χ3n) is 5.00. The Labute approximate surface area is 150 Å². The summed E-state index contributed by atoms with van der Waals surface area (Å²) in [5.41, 5.74) is 8.57. The maximum atomic E-state index is 9.31. The fourth-order valence-electron chi connectivity index (χ4n) is 3.78. The van der Waals surface area contributed by atoms with Gasteiger partial charge in [-0.25, -0.2) is 0 Å². The Kier molecular flexibility index (Phi) is 6.84. The summed E-state index contributed by atoms with van der Waals surface area (Å²) in [6.45, 7) is 3.24. The van der Waals surface area contributed by atoms with Crippen molar-refractivity contribution in [2.45, 2.75) is 51.1 Å². The first-order valence-electron chi connectivity index (χ1n) is 8.67. The molecule has 4 nitrogen and oxygen atoms in total. The Balaban J connectivity index is 0.00000208. The molecule has 3 rings (SSSR count). The Bertz CT molecular complexity index is 651. The van der Waals surface area contributed by atoms with E-state index in [0.717, 1.165) is 38.6 Å². The molecule has 0 saturated heterocycles. The van der Waals surface area contributed by atoms with Gasteiger partial charge in [-0.15, -0.1) is 12.4 Å². The summed E-state index contributed by atoms with van der Waals surface area (Å²) in [6.07, 6.45) is 9.11. The molecule has 0 amide bonds. The highest BCUT2D eigenvalue weighted by molar-refractivity contribution is 5.96. The van der Waals surface area contributed by atoms with Gasteiger partial charge in [0.15, 0.2) is 0 Å². The number of aliphatic hydroxyl groups excluding tert-OH is 1. The second-order valence-electron chi connectivity index (χ2n) is 6.67. The molecule has 5 heteroatoms. The number of aromatic nitrogens is 1. The number of fused-ring (bicyclic) bond motifs is 1. The number of hydrogen-bond donors (Lipinski definition) is 2. The summed E-state index contributed by atoms with van der Waals surface area (Å²) >= 11 is 0. The van der Waals surface area contributed by atoms with Crippen molar-refractivity contribution in [3.8, 4) is 0 Å². The molecule has 0 aliphatic heterocycles. The van der Waals surface area contributed by atoms with Gasteiger partial charge in [0, 0.05) is 54.1 Å². The van der Waals surface area contributed by atoms with Crippen molar-refractivity contribution in [2.75, 3.05) is 18.1 Å². The fraction of sp³-hybridized carbons (Fsp3) is 0.526. The molecular formula is C19H28ClN3O. The first-order chi connectivity index (χ1) is 11.2. The fourth-order valence-corrected chi connectivity index (χ4v) is 3.78. The van der Waals surface area contributed by atoms with Crippen LogP contribution in [0.3, 0.4) is 0 Å². The molecule has 0 spiro atoms. The number of nitrogens with two attached hydrogens (primary N) is 1. The molecule has 0 unspecified atom stereocenters. The standard InChI is InChI=1S/C19H27N3O.ClH/c1-14-12-21-13-15-4-2-5-18(19(14)15)22(10-3-11-23)17-8-6-16(20)7-9-17;/h2,4-5,12-13,16-17,23H,3,6-11,20H2,1H3;1H/t16-,17+;. The van der Waals surface area contributed by atoms with Crippen molar-refractivity contribution in [3.05, 3.63) is 36.2 Å². The SMILES string of the molecule is Cc1cncc2cccc(N(CCCO)[C@H]3CC[C@@H](N)CC3)c12.Cl. The van der Waals surface area contributed by atoms with E-state index in [2.05, 4.69) is 35.0 Å². The summed E-state index contributed by atoms with van der Waals surface area (Å²) in [7, 11) is 0. The molecule has 1 aliphatic carbocycles. The molecule has 0 atom stereocenters. The molecular weight excluding hydrogens is 322 g/mol. The molecule has 1 fully saturated rings. The Morgan fingerprint density at radius 2 is 1.96 bits per heavy atom. The average Bonchev–Trinajstić information content (AvgIpc) is 2.57. The minimum absolute atomic E-state index is 0. The highest BCUT2D eigenvalue weighted by Crippen LogP contribution is 2.33. The van der Waals surface area contributed by atoms with Gasteiger partial charge >= 0.3 is 0 Å². The predicted molar refractivity (Wildman–Crippen MR) is 103 cm³/mol. The lowest BCUT2D eigenvalue weighted by atomic mass is 9.90. The molecule has 2 aromatic rings. The van der Waals surface area contributed by atoms with Crippen molar-refractivity contribution in [2.24, 2.45) is 5.73 Å². The van der Waals surface area contributed by atoms with Gasteiger partial charge in [-0.3, -0.25) is 4.98 Å². The predicted octanol–water partition coefficient (Wildman–Crippen LogP) is 3.42. The summed E-state index contributed by atoms with van der Waals surface area (Å²) in [5, 5.41) is 11.8. The van der Waals surface area contributed by atoms with Crippen LogP contribution in [0.1, 0.15) is 37.7 Å². The Morgan fingerprint density at radius 3 is 2.67 bits per heavy atom. The third kappa shape index (κ3) is 4.00. The van der Waals surface area contributed by atoms with Crippen molar-refractivity contribution in [3.63, 3.8) is 0 Å². The number of halogens is 1. The average molecular weight is 350 g/mol. The molecule has 0 bridgehead atoms. The van der Waals surface area contributed by atoms with E-state index >= 15 is 0 Å². The highest BCUT2D eigenvalue weighted by atomic mass is 35.5. The number of pyridine rings is 1. The van der Waals surface area contributed by atoms with Crippen LogP contribution in [0, 0.1) is 6.92 Å². The van der Waals surface area contributed by atoms with E-state index in [0.29, 0.717) is 12.1 Å². The van der Waals surface area contributed by atoms with Gasteiger partial charge in [0.25, 0.3) is 0 Å². The summed E-state index contributed by atoms with van der Waals surface area (Å²) < 4.78 is 0. The van der Waals surface area contributed by atoms with E-state index in [4.69, 9.17) is 5.73 Å². The first-order valence-corrected chi connectivity index (χ1v) is 8.67. The van der Waals surface area contributed by atoms with Crippen molar-refractivity contribution >= 4 is 28.9 Å². The summed E-state index contributed by atoms with van der Waals surface area (Å²) in [4.78, 5) is 6.82. The summed E-state index contributed by atoms with van der Waals surface area (Å²) in [5.74, 6) is 0. The minimum Gasteiger partial charge on any atom is -0.396 e. The maximum absolute atomic E-state index is 9.31. The second-order valence-corrected chi connectivity index (χ2v) is 6.67. The second kappa shape index (κ2) is 8.65. The van der Waals surface area contributed by atoms with E-state index in [1.54, 1.807) is 0 Å². The van der Waals surface area contributed by atoms with Gasteiger partial charge < -0.3 is 15.7 Å². The normalized spacial score (nSPS) is 20.6. The number of rotatable bonds is 5. The van der Waals surface area contributed by atoms with Crippen LogP contribution in [-0.4, -0.2) is 35.3 Å². The minimum atomic E-state index is 0. The quantitative estimate of drug-likeness (QED) is 0.868. The van der Waals surface area contributed by atoms with Gasteiger partial charge in [-0.05, 0) is 50.7 Å². The van der Waals surface area contributed by atoms with Gasteiger partial charge in [0.1, 0.15) is 0 Å². The Morgan fingerprint density at radius 1 is 1.21 bits per heavy atom. The van der Waals surface area contributed by atoms with Crippen molar-refractivity contribution in [1.82, 2.24) is 4.98 Å². The molecule has 1 aromatic carbocycles. The smallest absolute Gasteiger partial charge is 0.0452 e. The zero-order chi connectivity index (χ0) is 16.2. The molecule has 132 valence electrons. The van der Waals surface area contributed by atoms with E-state index in [-0.39, 0.29) is 19.0 Å². The van der Waals surface area contributed by atoms with Crippen LogP contribution in [0.5, 0.6) is 0 Å². The number of benzene rings is 1. The van der Waals surface area contributed by atoms with Gasteiger partial charge in [0.05, 0.1) is 0 Å². The van der Waals surface area contributed by atoms with E-state index in [9.17, 15) is 5.11 Å². The van der Waals surface area contributed by atoms with Crippen molar-refractivity contribution < 1.29 is 5.11 Å². The third-order valence-corrected chi connectivity index (χ3v) is 5.00. The molecule has 24 heavy (non-hydrogen) atoms. The molecule has 1 heterocycles. The lowest BCUT2D eigenvalue weighted by molar-refractivity contribution is 0.284. The van der Waals surface area contributed by atoms with Crippen LogP contribution in [-0.2, 0) is 0 Å². The van der Waals surface area contributed by atoms with Gasteiger partial charge in [-0.2, -0.15) is 0 Å². The monoisotopic (exact) mass is 349 g/mol. The van der Waals surface area contributed by atoms with Crippen LogP contribution in [0.15, 0.2) is 30.6 Å². The molecule has 0 radical (unpaired) electrons. The molecule has 1 aromatic heterocycles. The summed E-state index contributed by atoms with van der Waals surface area (Å²) in [6, 6.07) is 7.31. The van der Waals surface area contributed by atoms with Crippen LogP contribution in [0.25, 0.3) is 10.8 Å². The highest BCUT2D eigenvalue weighted by Gasteiger charge is 2.25. The van der Waals surface area contributed by atoms with Crippen LogP contribution in [0.4, 0.5) is 5.69 Å².